The van der Waals surface area contributed by atoms with Crippen molar-refractivity contribution in [2.75, 3.05) is 0 Å². The van der Waals surface area contributed by atoms with Gasteiger partial charge in [-0.15, -0.1) is 0 Å². The first-order valence-electron chi connectivity index (χ1n) is 14.0. The lowest BCUT2D eigenvalue weighted by atomic mass is 9.64. The average molecular weight is 513 g/mol. The first kappa shape index (κ1) is 29.2. The molecule has 0 saturated heterocycles. The van der Waals surface area contributed by atoms with Gasteiger partial charge in [-0.3, -0.25) is 0 Å². The van der Waals surface area contributed by atoms with Crippen molar-refractivity contribution in [1.82, 2.24) is 0 Å². The molecule has 3 rings (SSSR count). The number of hydrogen-bond acceptors (Lipinski definition) is 3. The minimum Gasteiger partial charge on any atom is -0.547 e. The van der Waals surface area contributed by atoms with Crippen LogP contribution >= 0.6 is 0 Å². The lowest BCUT2D eigenvalue weighted by molar-refractivity contribution is -0.0537. The largest absolute Gasteiger partial charge is 0.547 e. The van der Waals surface area contributed by atoms with Crippen LogP contribution in [0.1, 0.15) is 80.2 Å². The highest BCUT2D eigenvalue weighted by Crippen LogP contribution is 2.59. The molecule has 0 heterocycles. The maximum Gasteiger partial charge on any atom is 0.250 e. The van der Waals surface area contributed by atoms with Crippen LogP contribution in [0.3, 0.4) is 0 Å². The Kier molecular flexibility index (Phi) is 8.75. The topological polar surface area (TPSA) is 38.7 Å². The van der Waals surface area contributed by atoms with Crippen molar-refractivity contribution in [3.05, 3.63) is 59.9 Å². The summed E-state index contributed by atoms with van der Waals surface area (Å²) < 4.78 is 13.2. The summed E-state index contributed by atoms with van der Waals surface area (Å²) in [5.74, 6) is 2.24. The minimum absolute atomic E-state index is 0.0538. The second-order valence-corrected chi connectivity index (χ2v) is 18.5. The molecule has 1 fully saturated rings. The summed E-state index contributed by atoms with van der Waals surface area (Å²) in [4.78, 5) is 0. The van der Waals surface area contributed by atoms with E-state index in [4.69, 9.17) is 9.16 Å². The monoisotopic (exact) mass is 512 g/mol. The molecule has 0 radical (unpaired) electrons. The van der Waals surface area contributed by atoms with Crippen LogP contribution < -0.4 is 0 Å². The van der Waals surface area contributed by atoms with Crippen molar-refractivity contribution in [1.29, 1.82) is 0 Å². The number of rotatable bonds is 9. The third-order valence-electron chi connectivity index (χ3n) is 9.82. The van der Waals surface area contributed by atoms with Crippen LogP contribution in [0.4, 0.5) is 0 Å². The lowest BCUT2D eigenvalue weighted by Gasteiger charge is -2.46. The SMILES string of the molecule is C[C@H](/C=C/[C@H](C)C(C)(C)OCc1ccccc1)[C@H]1C(O)CC2C(O[Si](C)(C)C(C)(C)C)=CCC[C@@]21C. The molecular weight excluding hydrogens is 460 g/mol. The molecule has 36 heavy (non-hydrogen) atoms. The number of allylic oxidation sites excluding steroid dienone is 3. The van der Waals surface area contributed by atoms with Gasteiger partial charge in [-0.1, -0.05) is 84.0 Å². The van der Waals surface area contributed by atoms with Gasteiger partial charge in [0, 0.05) is 11.8 Å². The van der Waals surface area contributed by atoms with Crippen molar-refractivity contribution in [2.24, 2.45) is 29.1 Å². The number of ether oxygens (including phenoxy) is 1. The van der Waals surface area contributed by atoms with E-state index < -0.39 is 8.32 Å². The average Bonchev–Trinajstić information content (AvgIpc) is 3.06. The molecule has 0 bridgehead atoms. The maximum absolute atomic E-state index is 11.3. The fourth-order valence-electron chi connectivity index (χ4n) is 5.96. The summed E-state index contributed by atoms with van der Waals surface area (Å²) >= 11 is 0. The van der Waals surface area contributed by atoms with Gasteiger partial charge in [0.1, 0.15) is 0 Å². The quantitative estimate of drug-likeness (QED) is 0.266. The molecule has 3 nitrogen and oxygen atoms in total. The Morgan fingerprint density at radius 2 is 1.72 bits per heavy atom. The number of aliphatic hydroxyl groups is 1. The Labute approximate surface area is 222 Å². The normalized spacial score (nSPS) is 29.1. The highest BCUT2D eigenvalue weighted by atomic mass is 28.4. The van der Waals surface area contributed by atoms with Crippen LogP contribution in [0.5, 0.6) is 0 Å². The smallest absolute Gasteiger partial charge is 0.250 e. The summed E-state index contributed by atoms with van der Waals surface area (Å²) in [6, 6.07) is 10.4. The molecule has 6 atom stereocenters. The Balaban J connectivity index is 1.70. The number of aliphatic hydroxyl groups excluding tert-OH is 1. The summed E-state index contributed by atoms with van der Waals surface area (Å²) in [5.41, 5.74) is 0.979. The molecule has 1 aromatic carbocycles. The van der Waals surface area contributed by atoms with Gasteiger partial charge in [-0.25, -0.2) is 0 Å². The van der Waals surface area contributed by atoms with Crippen LogP contribution in [0.2, 0.25) is 18.1 Å². The third-order valence-corrected chi connectivity index (χ3v) is 14.2. The van der Waals surface area contributed by atoms with Crippen molar-refractivity contribution in [3.8, 4) is 0 Å². The zero-order valence-corrected chi connectivity index (χ0v) is 25.6. The van der Waals surface area contributed by atoms with Gasteiger partial charge in [-0.05, 0) is 80.1 Å². The van der Waals surface area contributed by atoms with Gasteiger partial charge in [0.2, 0.25) is 8.32 Å². The van der Waals surface area contributed by atoms with Gasteiger partial charge >= 0.3 is 0 Å². The van der Waals surface area contributed by atoms with Crippen molar-refractivity contribution in [3.63, 3.8) is 0 Å². The van der Waals surface area contributed by atoms with Crippen LogP contribution in [-0.2, 0) is 15.8 Å². The van der Waals surface area contributed by atoms with Crippen molar-refractivity contribution >= 4 is 8.32 Å². The van der Waals surface area contributed by atoms with E-state index in [0.717, 1.165) is 25.0 Å². The zero-order chi connectivity index (χ0) is 26.9. The van der Waals surface area contributed by atoms with Crippen molar-refractivity contribution in [2.45, 2.75) is 111 Å². The van der Waals surface area contributed by atoms with E-state index in [1.54, 1.807) is 0 Å². The maximum atomic E-state index is 11.3. The molecular formula is C32H52O3Si. The molecule has 4 heteroatoms. The number of fused-ring (bicyclic) bond motifs is 1. The van der Waals surface area contributed by atoms with Gasteiger partial charge in [-0.2, -0.15) is 0 Å². The fraction of sp³-hybridized carbons (Fsp3) is 0.688. The Hall–Kier alpha value is -1.36. The molecule has 2 aliphatic rings. The molecule has 1 aromatic rings. The lowest BCUT2D eigenvalue weighted by Crippen LogP contribution is -2.44. The van der Waals surface area contributed by atoms with E-state index in [9.17, 15) is 5.11 Å². The molecule has 2 aliphatic carbocycles. The summed E-state index contributed by atoms with van der Waals surface area (Å²) in [5, 5.41) is 11.5. The van der Waals surface area contributed by atoms with E-state index in [1.807, 2.05) is 6.07 Å². The van der Waals surface area contributed by atoms with E-state index >= 15 is 0 Å². The fourth-order valence-corrected chi connectivity index (χ4v) is 7.08. The summed E-state index contributed by atoms with van der Waals surface area (Å²) in [6.45, 7) is 23.4. The minimum atomic E-state index is -1.92. The number of benzene rings is 1. The van der Waals surface area contributed by atoms with Gasteiger partial charge in [0.25, 0.3) is 0 Å². The van der Waals surface area contributed by atoms with Gasteiger partial charge < -0.3 is 14.3 Å². The molecule has 0 aliphatic heterocycles. The van der Waals surface area contributed by atoms with Gasteiger partial charge in [0.15, 0.2) is 0 Å². The Morgan fingerprint density at radius 3 is 2.33 bits per heavy atom. The van der Waals surface area contributed by atoms with Gasteiger partial charge in [0.05, 0.1) is 24.1 Å². The van der Waals surface area contributed by atoms with Crippen LogP contribution in [0.15, 0.2) is 54.3 Å². The molecule has 0 spiro atoms. The van der Waals surface area contributed by atoms with Crippen molar-refractivity contribution < 1.29 is 14.3 Å². The second kappa shape index (κ2) is 10.8. The number of hydrogen-bond donors (Lipinski definition) is 1. The zero-order valence-electron chi connectivity index (χ0n) is 24.6. The van der Waals surface area contributed by atoms with E-state index in [0.29, 0.717) is 12.5 Å². The molecule has 0 amide bonds. The predicted molar refractivity (Wildman–Crippen MR) is 154 cm³/mol. The van der Waals surface area contributed by atoms with Crippen LogP contribution in [-0.4, -0.2) is 25.1 Å². The molecule has 0 aromatic heterocycles. The van der Waals surface area contributed by atoms with E-state index in [1.165, 1.54) is 5.56 Å². The first-order chi connectivity index (χ1) is 16.6. The van der Waals surface area contributed by atoms with Crippen LogP contribution in [0, 0.1) is 29.1 Å². The molecule has 1 N–H and O–H groups in total. The molecule has 202 valence electrons. The Bertz CT molecular complexity index is 926. The second-order valence-electron chi connectivity index (χ2n) is 13.8. The highest BCUT2D eigenvalue weighted by molar-refractivity contribution is 6.74. The Morgan fingerprint density at radius 1 is 1.08 bits per heavy atom. The van der Waals surface area contributed by atoms with E-state index in [2.05, 4.69) is 111 Å². The third kappa shape index (κ3) is 6.19. The standard InChI is InChI=1S/C32H52O3Si/c1-23(18-19-24(2)31(6,7)34-22-25-15-12-11-13-16-25)29-27(33)21-26-28(17-14-20-32(26,29)8)35-36(9,10)30(3,4)5/h11-13,15-19,23-24,26-27,29,33H,14,20-22H2,1-10H3/b19-18+/t23-,24+,26?,27?,29+,32+/m1/s1. The highest BCUT2D eigenvalue weighted by Gasteiger charge is 2.56. The predicted octanol–water partition coefficient (Wildman–Crippen LogP) is 8.51. The first-order valence-corrected chi connectivity index (χ1v) is 16.9. The summed E-state index contributed by atoms with van der Waals surface area (Å²) in [6.07, 6.45) is 9.63. The van der Waals surface area contributed by atoms with E-state index in [-0.39, 0.29) is 39.9 Å². The van der Waals surface area contributed by atoms with Crippen LogP contribution in [0.25, 0.3) is 0 Å². The molecule has 1 saturated carbocycles. The summed E-state index contributed by atoms with van der Waals surface area (Å²) in [7, 11) is -1.92. The molecule has 2 unspecified atom stereocenters.